The Hall–Kier alpha value is -1.31. The fraction of sp³-hybridized carbons (Fsp3) is 0.667. The molecule has 0 fully saturated rings. The molecule has 2 nitrogen and oxygen atoms in total. The minimum atomic E-state index is -0.161. The highest BCUT2D eigenvalue weighted by Crippen LogP contribution is 2.27. The number of benzene rings is 1. The lowest BCUT2D eigenvalue weighted by molar-refractivity contribution is -0.122. The summed E-state index contributed by atoms with van der Waals surface area (Å²) in [4.78, 5) is 12.2. The summed E-state index contributed by atoms with van der Waals surface area (Å²) in [5, 5.41) is 3.18. The van der Waals surface area contributed by atoms with Gasteiger partial charge < -0.3 is 5.32 Å². The van der Waals surface area contributed by atoms with E-state index in [2.05, 4.69) is 85.0 Å². The van der Waals surface area contributed by atoms with Crippen molar-refractivity contribution in [1.82, 2.24) is 5.32 Å². The average molecular weight is 318 g/mol. The first-order chi connectivity index (χ1) is 10.3. The lowest BCUT2D eigenvalue weighted by atomic mass is 9.81. The number of amides is 1. The molecule has 1 aromatic rings. The van der Waals surface area contributed by atoms with Crippen LogP contribution in [0.1, 0.15) is 79.4 Å². The van der Waals surface area contributed by atoms with Crippen LogP contribution in [-0.4, -0.2) is 11.4 Å². The molecule has 0 spiro atoms. The molecular formula is C21H35NO. The number of carbonyl (C=O) groups is 1. The summed E-state index contributed by atoms with van der Waals surface area (Å²) in [6.45, 7) is 17.5. The second-order valence-electron chi connectivity index (χ2n) is 9.62. The van der Waals surface area contributed by atoms with E-state index in [-0.39, 0.29) is 22.3 Å². The van der Waals surface area contributed by atoms with Crippen LogP contribution in [0.3, 0.4) is 0 Å². The van der Waals surface area contributed by atoms with Crippen LogP contribution in [0, 0.1) is 5.41 Å². The van der Waals surface area contributed by atoms with Gasteiger partial charge in [-0.1, -0.05) is 65.8 Å². The van der Waals surface area contributed by atoms with E-state index in [0.29, 0.717) is 6.42 Å². The smallest absolute Gasteiger partial charge is 0.220 e. The van der Waals surface area contributed by atoms with Crippen LogP contribution in [-0.2, 0) is 16.6 Å². The van der Waals surface area contributed by atoms with Crippen molar-refractivity contribution in [3.63, 3.8) is 0 Å². The third-order valence-electron chi connectivity index (χ3n) is 3.91. The predicted octanol–water partition coefficient (Wildman–Crippen LogP) is 5.25. The summed E-state index contributed by atoms with van der Waals surface area (Å²) in [7, 11) is 0. The highest BCUT2D eigenvalue weighted by molar-refractivity contribution is 5.77. The van der Waals surface area contributed by atoms with Crippen molar-refractivity contribution >= 4 is 5.91 Å². The molecule has 0 atom stereocenters. The minimum Gasteiger partial charge on any atom is -0.351 e. The zero-order chi connectivity index (χ0) is 17.9. The Bertz CT molecular complexity index is 512. The van der Waals surface area contributed by atoms with Gasteiger partial charge in [0.25, 0.3) is 0 Å². The third kappa shape index (κ3) is 7.67. The molecule has 0 radical (unpaired) electrons. The molecule has 0 aliphatic rings. The second-order valence-corrected chi connectivity index (χ2v) is 9.62. The van der Waals surface area contributed by atoms with Crippen LogP contribution in [0.2, 0.25) is 0 Å². The van der Waals surface area contributed by atoms with Crippen molar-refractivity contribution in [2.75, 3.05) is 0 Å². The highest BCUT2D eigenvalue weighted by atomic mass is 16.1. The molecule has 1 rings (SSSR count). The number of carbonyl (C=O) groups excluding carboxylic acids is 1. The molecule has 0 aliphatic carbocycles. The summed E-state index contributed by atoms with van der Waals surface area (Å²) < 4.78 is 0. The standard InChI is InChI=1S/C21H35NO/c1-19(2,3)15-21(7,8)22-18(23)14-11-16-9-12-17(13-10-16)20(4,5)6/h9-10,12-13H,11,14-15H2,1-8H3,(H,22,23). The summed E-state index contributed by atoms with van der Waals surface area (Å²) in [5.74, 6) is 0.138. The molecule has 1 amide bonds. The van der Waals surface area contributed by atoms with Crippen LogP contribution < -0.4 is 5.32 Å². The van der Waals surface area contributed by atoms with Gasteiger partial charge in [0.05, 0.1) is 0 Å². The largest absolute Gasteiger partial charge is 0.351 e. The molecule has 23 heavy (non-hydrogen) atoms. The quantitative estimate of drug-likeness (QED) is 0.789. The summed E-state index contributed by atoms with van der Waals surface area (Å²) in [5.41, 5.74) is 2.77. The van der Waals surface area contributed by atoms with Crippen LogP contribution >= 0.6 is 0 Å². The molecule has 2 heteroatoms. The number of hydrogen-bond acceptors (Lipinski definition) is 1. The summed E-state index contributed by atoms with van der Waals surface area (Å²) in [6, 6.07) is 8.65. The zero-order valence-electron chi connectivity index (χ0n) is 16.3. The Morgan fingerprint density at radius 1 is 0.913 bits per heavy atom. The maximum Gasteiger partial charge on any atom is 0.220 e. The van der Waals surface area contributed by atoms with Gasteiger partial charge in [-0.3, -0.25) is 4.79 Å². The van der Waals surface area contributed by atoms with Gasteiger partial charge in [-0.05, 0) is 48.6 Å². The van der Waals surface area contributed by atoms with Crippen LogP contribution in [0.15, 0.2) is 24.3 Å². The average Bonchev–Trinajstić information content (AvgIpc) is 2.32. The second kappa shape index (κ2) is 7.07. The lowest BCUT2D eigenvalue weighted by Gasteiger charge is -2.33. The Labute approximate surface area is 143 Å². The van der Waals surface area contributed by atoms with E-state index in [0.717, 1.165) is 12.8 Å². The van der Waals surface area contributed by atoms with Crippen LogP contribution in [0.4, 0.5) is 0 Å². The molecule has 0 unspecified atom stereocenters. The van der Waals surface area contributed by atoms with E-state index in [1.807, 2.05) is 0 Å². The van der Waals surface area contributed by atoms with E-state index in [9.17, 15) is 4.79 Å². The van der Waals surface area contributed by atoms with Gasteiger partial charge in [0, 0.05) is 12.0 Å². The molecule has 0 aromatic heterocycles. The van der Waals surface area contributed by atoms with Crippen molar-refractivity contribution in [3.05, 3.63) is 35.4 Å². The van der Waals surface area contributed by atoms with Crippen LogP contribution in [0.25, 0.3) is 0 Å². The van der Waals surface area contributed by atoms with Gasteiger partial charge in [0.1, 0.15) is 0 Å². The van der Waals surface area contributed by atoms with Gasteiger partial charge in [-0.15, -0.1) is 0 Å². The number of rotatable bonds is 5. The van der Waals surface area contributed by atoms with E-state index in [1.165, 1.54) is 11.1 Å². The number of nitrogens with one attached hydrogen (secondary N) is 1. The van der Waals surface area contributed by atoms with Crippen molar-refractivity contribution in [3.8, 4) is 0 Å². The first-order valence-electron chi connectivity index (χ1n) is 8.69. The summed E-state index contributed by atoms with van der Waals surface area (Å²) >= 11 is 0. The topological polar surface area (TPSA) is 29.1 Å². The number of aryl methyl sites for hydroxylation is 1. The molecule has 0 aliphatic heterocycles. The highest BCUT2D eigenvalue weighted by Gasteiger charge is 2.26. The molecule has 1 N–H and O–H groups in total. The fourth-order valence-corrected chi connectivity index (χ4v) is 3.24. The van der Waals surface area contributed by atoms with E-state index >= 15 is 0 Å². The molecule has 0 saturated heterocycles. The third-order valence-corrected chi connectivity index (χ3v) is 3.91. The molecule has 0 bridgehead atoms. The maximum absolute atomic E-state index is 12.2. The van der Waals surface area contributed by atoms with E-state index in [1.54, 1.807) is 0 Å². The summed E-state index contributed by atoms with van der Waals surface area (Å²) in [6.07, 6.45) is 2.30. The Balaban J connectivity index is 2.53. The van der Waals surface area contributed by atoms with E-state index in [4.69, 9.17) is 0 Å². The zero-order valence-corrected chi connectivity index (χ0v) is 16.3. The van der Waals surface area contributed by atoms with Gasteiger partial charge in [-0.25, -0.2) is 0 Å². The Morgan fingerprint density at radius 3 is 1.87 bits per heavy atom. The molecule has 130 valence electrons. The lowest BCUT2D eigenvalue weighted by Crippen LogP contribution is -2.45. The van der Waals surface area contributed by atoms with Crippen molar-refractivity contribution in [1.29, 1.82) is 0 Å². The monoisotopic (exact) mass is 317 g/mol. The van der Waals surface area contributed by atoms with Gasteiger partial charge in [0.2, 0.25) is 5.91 Å². The predicted molar refractivity (Wildman–Crippen MR) is 99.8 cm³/mol. The van der Waals surface area contributed by atoms with Gasteiger partial charge in [0.15, 0.2) is 0 Å². The Morgan fingerprint density at radius 2 is 1.43 bits per heavy atom. The fourth-order valence-electron chi connectivity index (χ4n) is 3.24. The van der Waals surface area contributed by atoms with E-state index < -0.39 is 0 Å². The van der Waals surface area contributed by atoms with Crippen molar-refractivity contribution in [2.24, 2.45) is 5.41 Å². The van der Waals surface area contributed by atoms with Crippen molar-refractivity contribution in [2.45, 2.75) is 85.6 Å². The normalized spacial score (nSPS) is 13.0. The number of hydrogen-bond donors (Lipinski definition) is 1. The maximum atomic E-state index is 12.2. The Kier molecular flexibility index (Phi) is 6.06. The molecule has 1 aromatic carbocycles. The minimum absolute atomic E-state index is 0.138. The van der Waals surface area contributed by atoms with Gasteiger partial charge in [-0.2, -0.15) is 0 Å². The SMILES string of the molecule is CC(C)(C)CC(C)(C)NC(=O)CCc1ccc(C(C)(C)C)cc1. The molecule has 0 heterocycles. The molecular weight excluding hydrogens is 282 g/mol. The molecule has 0 saturated carbocycles. The first-order valence-corrected chi connectivity index (χ1v) is 8.69. The first kappa shape index (κ1) is 19.7. The van der Waals surface area contributed by atoms with Crippen LogP contribution in [0.5, 0.6) is 0 Å². The van der Waals surface area contributed by atoms with Crippen molar-refractivity contribution < 1.29 is 4.79 Å². The van der Waals surface area contributed by atoms with Gasteiger partial charge >= 0.3 is 0 Å².